The first kappa shape index (κ1) is 32.2. The standard InChI is InChI=1S/C32H31ClN4O6S/c1-2-34-32(39)30(20-24-11-5-3-6-12-24)35(22-25-13-9-14-26(33)19-25)31(38)23-36(27-15-10-16-28(21-27)37(40)41)44(42,43)29-17-7-4-8-18-29/h3-19,21,30H,2,20,22-23H2,1H3,(H,34,39). The van der Waals surface area contributed by atoms with Crippen molar-refractivity contribution >= 4 is 44.8 Å². The lowest BCUT2D eigenvalue weighted by Gasteiger charge is -2.33. The summed E-state index contributed by atoms with van der Waals surface area (Å²) in [6.07, 6.45) is 0.154. The molecule has 4 rings (SSSR count). The van der Waals surface area contributed by atoms with Gasteiger partial charge in [-0.05, 0) is 48.4 Å². The quantitative estimate of drug-likeness (QED) is 0.159. The highest BCUT2D eigenvalue weighted by Crippen LogP contribution is 2.28. The molecule has 0 fully saturated rings. The first-order valence-corrected chi connectivity index (χ1v) is 15.6. The molecule has 1 unspecified atom stereocenters. The number of rotatable bonds is 13. The normalized spacial score (nSPS) is 11.8. The van der Waals surface area contributed by atoms with Crippen LogP contribution in [-0.2, 0) is 32.6 Å². The summed E-state index contributed by atoms with van der Waals surface area (Å²) in [7, 11) is -4.38. The van der Waals surface area contributed by atoms with Gasteiger partial charge in [0.15, 0.2) is 0 Å². The molecule has 0 saturated heterocycles. The minimum atomic E-state index is -4.38. The number of hydrogen-bond acceptors (Lipinski definition) is 6. The van der Waals surface area contributed by atoms with Crippen molar-refractivity contribution in [1.82, 2.24) is 10.2 Å². The van der Waals surface area contributed by atoms with Crippen molar-refractivity contribution in [3.8, 4) is 0 Å². The molecule has 4 aromatic rings. The fraction of sp³-hybridized carbons (Fsp3) is 0.188. The second kappa shape index (κ2) is 14.6. The molecule has 0 aliphatic rings. The van der Waals surface area contributed by atoms with Crippen molar-refractivity contribution in [3.63, 3.8) is 0 Å². The van der Waals surface area contributed by atoms with Gasteiger partial charge in [-0.1, -0.05) is 78.3 Å². The zero-order chi connectivity index (χ0) is 31.7. The third kappa shape index (κ3) is 8.00. The van der Waals surface area contributed by atoms with E-state index in [1.165, 1.54) is 47.4 Å². The summed E-state index contributed by atoms with van der Waals surface area (Å²) in [5, 5.41) is 14.8. The van der Waals surface area contributed by atoms with Crippen LogP contribution >= 0.6 is 11.6 Å². The molecule has 0 saturated carbocycles. The minimum Gasteiger partial charge on any atom is -0.355 e. The van der Waals surface area contributed by atoms with Crippen LogP contribution in [0.25, 0.3) is 0 Å². The van der Waals surface area contributed by atoms with E-state index in [2.05, 4.69) is 5.32 Å². The maximum atomic E-state index is 14.3. The van der Waals surface area contributed by atoms with Crippen molar-refractivity contribution in [2.75, 3.05) is 17.4 Å². The first-order valence-electron chi connectivity index (χ1n) is 13.8. The van der Waals surface area contributed by atoms with Crippen LogP contribution in [0.3, 0.4) is 0 Å². The summed E-state index contributed by atoms with van der Waals surface area (Å²) in [5.41, 5.74) is 1.00. The number of halogens is 1. The fourth-order valence-corrected chi connectivity index (χ4v) is 6.33. The Balaban J connectivity index is 1.82. The summed E-state index contributed by atoms with van der Waals surface area (Å²) < 4.78 is 28.8. The van der Waals surface area contributed by atoms with Gasteiger partial charge in [0.1, 0.15) is 12.6 Å². The summed E-state index contributed by atoms with van der Waals surface area (Å²) in [6.45, 7) is 1.29. The molecular weight excluding hydrogens is 604 g/mol. The van der Waals surface area contributed by atoms with Crippen LogP contribution < -0.4 is 9.62 Å². The van der Waals surface area contributed by atoms with Crippen molar-refractivity contribution < 1.29 is 22.9 Å². The third-order valence-electron chi connectivity index (χ3n) is 6.80. The van der Waals surface area contributed by atoms with Gasteiger partial charge in [0.25, 0.3) is 15.7 Å². The smallest absolute Gasteiger partial charge is 0.271 e. The van der Waals surface area contributed by atoms with Gasteiger partial charge < -0.3 is 10.2 Å². The zero-order valence-corrected chi connectivity index (χ0v) is 25.4. The second-order valence-electron chi connectivity index (χ2n) is 9.85. The summed E-state index contributed by atoms with van der Waals surface area (Å²) in [6, 6.07) is 27.5. The minimum absolute atomic E-state index is 0.0534. The lowest BCUT2D eigenvalue weighted by atomic mass is 10.0. The number of carbonyl (C=O) groups is 2. The van der Waals surface area contributed by atoms with Gasteiger partial charge in [-0.15, -0.1) is 0 Å². The number of hydrogen-bond donors (Lipinski definition) is 1. The van der Waals surface area contributed by atoms with Gasteiger partial charge in [-0.25, -0.2) is 8.42 Å². The molecule has 0 aliphatic heterocycles. The Hall–Kier alpha value is -4.74. The number of amides is 2. The molecule has 0 aliphatic carbocycles. The first-order chi connectivity index (χ1) is 21.1. The molecule has 44 heavy (non-hydrogen) atoms. The molecule has 12 heteroatoms. The molecule has 0 heterocycles. The Morgan fingerprint density at radius 3 is 2.16 bits per heavy atom. The average Bonchev–Trinajstić information content (AvgIpc) is 3.02. The predicted octanol–water partition coefficient (Wildman–Crippen LogP) is 5.22. The van der Waals surface area contributed by atoms with E-state index in [0.717, 1.165) is 15.9 Å². The Kier molecular flexibility index (Phi) is 10.7. The number of sulfonamides is 1. The highest BCUT2D eigenvalue weighted by Gasteiger charge is 2.35. The van der Waals surface area contributed by atoms with Crippen molar-refractivity contribution in [3.05, 3.63) is 135 Å². The molecule has 1 atom stereocenters. The number of nitro groups is 1. The van der Waals surface area contributed by atoms with E-state index >= 15 is 0 Å². The summed E-state index contributed by atoms with van der Waals surface area (Å²) in [5.74, 6) is -1.11. The molecule has 0 bridgehead atoms. The maximum absolute atomic E-state index is 14.3. The van der Waals surface area contributed by atoms with Gasteiger partial charge in [0.2, 0.25) is 11.8 Å². The van der Waals surface area contributed by atoms with Gasteiger partial charge in [-0.3, -0.25) is 24.0 Å². The zero-order valence-electron chi connectivity index (χ0n) is 23.9. The molecule has 228 valence electrons. The van der Waals surface area contributed by atoms with Crippen LogP contribution in [0.15, 0.2) is 114 Å². The van der Waals surface area contributed by atoms with Crippen LogP contribution in [0.4, 0.5) is 11.4 Å². The SMILES string of the molecule is CCNC(=O)C(Cc1ccccc1)N(Cc1cccc(Cl)c1)C(=O)CN(c1cccc([N+](=O)[O-])c1)S(=O)(=O)c1ccccc1. The summed E-state index contributed by atoms with van der Waals surface area (Å²) >= 11 is 6.24. The molecule has 0 aromatic heterocycles. The highest BCUT2D eigenvalue weighted by atomic mass is 35.5. The number of carbonyl (C=O) groups excluding carboxylic acids is 2. The molecular formula is C32H31ClN4O6S. The maximum Gasteiger partial charge on any atom is 0.271 e. The van der Waals surface area contributed by atoms with Crippen LogP contribution in [0, 0.1) is 10.1 Å². The molecule has 0 spiro atoms. The number of benzene rings is 4. The largest absolute Gasteiger partial charge is 0.355 e. The van der Waals surface area contributed by atoms with Crippen molar-refractivity contribution in [2.24, 2.45) is 0 Å². The van der Waals surface area contributed by atoms with E-state index in [0.29, 0.717) is 17.1 Å². The molecule has 1 N–H and O–H groups in total. The number of nitrogens with one attached hydrogen (secondary N) is 1. The highest BCUT2D eigenvalue weighted by molar-refractivity contribution is 7.92. The molecule has 4 aromatic carbocycles. The van der Waals surface area contributed by atoms with Crippen LogP contribution in [0.1, 0.15) is 18.1 Å². The van der Waals surface area contributed by atoms with E-state index in [9.17, 15) is 28.1 Å². The van der Waals surface area contributed by atoms with E-state index in [1.807, 2.05) is 30.3 Å². The van der Waals surface area contributed by atoms with Gasteiger partial charge in [0.05, 0.1) is 15.5 Å². The lowest BCUT2D eigenvalue weighted by molar-refractivity contribution is -0.384. The third-order valence-corrected chi connectivity index (χ3v) is 8.83. The number of anilines is 1. The van der Waals surface area contributed by atoms with Gasteiger partial charge >= 0.3 is 0 Å². The van der Waals surface area contributed by atoms with Crippen molar-refractivity contribution in [1.29, 1.82) is 0 Å². The van der Waals surface area contributed by atoms with E-state index in [-0.39, 0.29) is 29.2 Å². The van der Waals surface area contributed by atoms with Crippen LogP contribution in [-0.4, -0.2) is 49.2 Å². The summed E-state index contributed by atoms with van der Waals surface area (Å²) in [4.78, 5) is 40.0. The number of nitro benzene ring substituents is 1. The monoisotopic (exact) mass is 634 g/mol. The topological polar surface area (TPSA) is 130 Å². The van der Waals surface area contributed by atoms with E-state index < -0.39 is 39.3 Å². The van der Waals surface area contributed by atoms with Gasteiger partial charge in [-0.2, -0.15) is 0 Å². The number of non-ortho nitro benzene ring substituents is 1. The molecule has 0 radical (unpaired) electrons. The Morgan fingerprint density at radius 1 is 0.886 bits per heavy atom. The molecule has 2 amide bonds. The van der Waals surface area contributed by atoms with Crippen molar-refractivity contribution in [2.45, 2.75) is 30.8 Å². The number of likely N-dealkylation sites (N-methyl/N-ethyl adjacent to an activating group) is 1. The Morgan fingerprint density at radius 2 is 1.52 bits per heavy atom. The Bertz CT molecular complexity index is 1720. The Labute approximate surface area is 261 Å². The van der Waals surface area contributed by atoms with Crippen LogP contribution in [0.2, 0.25) is 5.02 Å². The van der Waals surface area contributed by atoms with Crippen LogP contribution in [0.5, 0.6) is 0 Å². The molecule has 10 nitrogen and oxygen atoms in total. The lowest BCUT2D eigenvalue weighted by Crippen LogP contribution is -2.53. The average molecular weight is 635 g/mol. The predicted molar refractivity (Wildman–Crippen MR) is 169 cm³/mol. The fourth-order valence-electron chi connectivity index (χ4n) is 4.69. The second-order valence-corrected chi connectivity index (χ2v) is 12.2. The van der Waals surface area contributed by atoms with E-state index in [4.69, 9.17) is 11.6 Å². The van der Waals surface area contributed by atoms with Gasteiger partial charge in [0, 0.05) is 36.7 Å². The van der Waals surface area contributed by atoms with E-state index in [1.54, 1.807) is 37.3 Å². The number of nitrogens with zero attached hydrogens (tertiary/aromatic N) is 3.